The fourth-order valence-electron chi connectivity index (χ4n) is 2.66. The summed E-state index contributed by atoms with van der Waals surface area (Å²) < 4.78 is 0. The molecule has 1 saturated carbocycles. The van der Waals surface area contributed by atoms with Crippen molar-refractivity contribution in [3.8, 4) is 6.07 Å². The molecule has 0 amide bonds. The van der Waals surface area contributed by atoms with Gasteiger partial charge in [0.1, 0.15) is 6.07 Å². The number of hydrogen-bond donors (Lipinski definition) is 0. The quantitative estimate of drug-likeness (QED) is 0.771. The Bertz CT molecular complexity index is 386. The third-order valence-corrected chi connectivity index (χ3v) is 3.44. The van der Waals surface area contributed by atoms with Crippen molar-refractivity contribution in [2.75, 3.05) is 11.4 Å². The third kappa shape index (κ3) is 2.04. The summed E-state index contributed by atoms with van der Waals surface area (Å²) in [5.41, 5.74) is 1.91. The lowest BCUT2D eigenvalue weighted by Crippen LogP contribution is -2.33. The molecule has 0 aliphatic heterocycles. The van der Waals surface area contributed by atoms with Crippen molar-refractivity contribution in [1.29, 1.82) is 5.26 Å². The summed E-state index contributed by atoms with van der Waals surface area (Å²) in [6.07, 6.45) is 5.20. The van der Waals surface area contributed by atoms with Crippen LogP contribution in [0.1, 0.15) is 38.2 Å². The number of nitrogens with zero attached hydrogens (tertiary/aromatic N) is 2. The Morgan fingerprint density at radius 2 is 2.00 bits per heavy atom. The average Bonchev–Trinajstić information content (AvgIpc) is 2.84. The summed E-state index contributed by atoms with van der Waals surface area (Å²) in [7, 11) is 0. The highest BCUT2D eigenvalue weighted by Crippen LogP contribution is 2.29. The molecule has 0 atom stereocenters. The van der Waals surface area contributed by atoms with Crippen LogP contribution in [0.4, 0.5) is 5.69 Å². The van der Waals surface area contributed by atoms with Crippen molar-refractivity contribution < 1.29 is 0 Å². The number of rotatable bonds is 3. The van der Waals surface area contributed by atoms with E-state index in [1.54, 1.807) is 0 Å². The Hall–Kier alpha value is -1.49. The molecule has 0 radical (unpaired) electrons. The molecule has 1 aromatic rings. The second-order valence-corrected chi connectivity index (χ2v) is 4.35. The lowest BCUT2D eigenvalue weighted by Gasteiger charge is -2.30. The first-order valence-corrected chi connectivity index (χ1v) is 6.12. The standard InChI is InChI=1S/C14H18N2/c1-2-16(13-8-4-5-9-13)14-10-6-3-7-12(14)11-15/h3,6-7,10,13H,2,4-5,8-9H2,1H3. The third-order valence-electron chi connectivity index (χ3n) is 3.44. The van der Waals surface area contributed by atoms with Gasteiger partial charge >= 0.3 is 0 Å². The Balaban J connectivity index is 2.29. The van der Waals surface area contributed by atoms with Crippen LogP contribution >= 0.6 is 0 Å². The van der Waals surface area contributed by atoms with E-state index < -0.39 is 0 Å². The first-order valence-electron chi connectivity index (χ1n) is 6.12. The monoisotopic (exact) mass is 214 g/mol. The molecule has 2 heteroatoms. The smallest absolute Gasteiger partial charge is 0.101 e. The number of para-hydroxylation sites is 1. The molecule has 0 heterocycles. The van der Waals surface area contributed by atoms with Crippen LogP contribution in [0.2, 0.25) is 0 Å². The fraction of sp³-hybridized carbons (Fsp3) is 0.500. The lowest BCUT2D eigenvalue weighted by molar-refractivity contribution is 0.619. The Kier molecular flexibility index (Phi) is 3.46. The zero-order valence-corrected chi connectivity index (χ0v) is 9.82. The molecule has 0 unspecified atom stereocenters. The molecule has 0 saturated heterocycles. The molecule has 1 fully saturated rings. The Morgan fingerprint density at radius 1 is 1.31 bits per heavy atom. The SMILES string of the molecule is CCN(c1ccccc1C#N)C1CCCC1. The first-order chi connectivity index (χ1) is 7.86. The van der Waals surface area contributed by atoms with E-state index in [2.05, 4.69) is 24.0 Å². The maximum atomic E-state index is 9.13. The van der Waals surface area contributed by atoms with E-state index in [9.17, 15) is 0 Å². The second kappa shape index (κ2) is 5.03. The maximum Gasteiger partial charge on any atom is 0.101 e. The van der Waals surface area contributed by atoms with Crippen molar-refractivity contribution in [2.45, 2.75) is 38.6 Å². The molecule has 16 heavy (non-hydrogen) atoms. The highest BCUT2D eigenvalue weighted by atomic mass is 15.2. The van der Waals surface area contributed by atoms with Gasteiger partial charge in [0.2, 0.25) is 0 Å². The summed E-state index contributed by atoms with van der Waals surface area (Å²) in [4.78, 5) is 2.39. The highest BCUT2D eigenvalue weighted by molar-refractivity contribution is 5.59. The van der Waals surface area contributed by atoms with Gasteiger partial charge in [0.05, 0.1) is 11.3 Å². The largest absolute Gasteiger partial charge is 0.368 e. The number of benzene rings is 1. The van der Waals surface area contributed by atoms with Crippen LogP contribution < -0.4 is 4.90 Å². The van der Waals surface area contributed by atoms with E-state index in [1.807, 2.05) is 18.2 Å². The molecule has 0 aromatic heterocycles. The zero-order chi connectivity index (χ0) is 11.4. The van der Waals surface area contributed by atoms with Gasteiger partial charge in [0.25, 0.3) is 0 Å². The van der Waals surface area contributed by atoms with Gasteiger partial charge in [0, 0.05) is 12.6 Å². The zero-order valence-electron chi connectivity index (χ0n) is 9.82. The van der Waals surface area contributed by atoms with E-state index in [4.69, 9.17) is 5.26 Å². The van der Waals surface area contributed by atoms with Crippen LogP contribution in [0, 0.1) is 11.3 Å². The van der Waals surface area contributed by atoms with Crippen LogP contribution in [0.3, 0.4) is 0 Å². The van der Waals surface area contributed by atoms with Crippen LogP contribution in [0.5, 0.6) is 0 Å². The number of hydrogen-bond acceptors (Lipinski definition) is 2. The molecule has 1 aliphatic rings. The first kappa shape index (κ1) is 11.0. The minimum Gasteiger partial charge on any atom is -0.368 e. The van der Waals surface area contributed by atoms with Gasteiger partial charge < -0.3 is 4.90 Å². The molecule has 0 spiro atoms. The minimum atomic E-state index is 0.638. The van der Waals surface area contributed by atoms with E-state index in [1.165, 1.54) is 25.7 Å². The Morgan fingerprint density at radius 3 is 2.62 bits per heavy atom. The summed E-state index contributed by atoms with van der Waals surface area (Å²) in [6.45, 7) is 3.16. The average molecular weight is 214 g/mol. The highest BCUT2D eigenvalue weighted by Gasteiger charge is 2.22. The topological polar surface area (TPSA) is 27.0 Å². The fourth-order valence-corrected chi connectivity index (χ4v) is 2.66. The molecule has 0 N–H and O–H groups in total. The van der Waals surface area contributed by atoms with Crippen LogP contribution in [0.15, 0.2) is 24.3 Å². The van der Waals surface area contributed by atoms with Gasteiger partial charge in [-0.1, -0.05) is 25.0 Å². The predicted octanol–water partition coefficient (Wildman–Crippen LogP) is 3.33. The van der Waals surface area contributed by atoms with Crippen molar-refractivity contribution in [1.82, 2.24) is 0 Å². The van der Waals surface area contributed by atoms with E-state index >= 15 is 0 Å². The van der Waals surface area contributed by atoms with Gasteiger partial charge in [-0.15, -0.1) is 0 Å². The predicted molar refractivity (Wildman–Crippen MR) is 66.4 cm³/mol. The number of anilines is 1. The maximum absolute atomic E-state index is 9.13. The molecule has 1 aliphatic carbocycles. The van der Waals surface area contributed by atoms with Crippen LogP contribution in [0.25, 0.3) is 0 Å². The molecular formula is C14H18N2. The number of nitriles is 1. The van der Waals surface area contributed by atoms with E-state index in [0.29, 0.717) is 6.04 Å². The Labute approximate surface area is 97.5 Å². The van der Waals surface area contributed by atoms with Crippen molar-refractivity contribution >= 4 is 5.69 Å². The van der Waals surface area contributed by atoms with Gasteiger partial charge in [-0.25, -0.2) is 0 Å². The summed E-state index contributed by atoms with van der Waals surface area (Å²) in [5, 5.41) is 9.13. The molecule has 84 valence electrons. The molecule has 1 aromatic carbocycles. The van der Waals surface area contributed by atoms with E-state index in [0.717, 1.165) is 17.8 Å². The van der Waals surface area contributed by atoms with Crippen molar-refractivity contribution in [3.05, 3.63) is 29.8 Å². The summed E-state index contributed by atoms with van der Waals surface area (Å²) in [5.74, 6) is 0. The van der Waals surface area contributed by atoms with Gasteiger partial charge in [0.15, 0.2) is 0 Å². The molecule has 2 rings (SSSR count). The van der Waals surface area contributed by atoms with Gasteiger partial charge in [-0.2, -0.15) is 5.26 Å². The summed E-state index contributed by atoms with van der Waals surface area (Å²) >= 11 is 0. The molecule has 0 bridgehead atoms. The van der Waals surface area contributed by atoms with E-state index in [-0.39, 0.29) is 0 Å². The van der Waals surface area contributed by atoms with Gasteiger partial charge in [-0.05, 0) is 31.9 Å². The van der Waals surface area contributed by atoms with Crippen molar-refractivity contribution in [3.63, 3.8) is 0 Å². The second-order valence-electron chi connectivity index (χ2n) is 4.35. The summed E-state index contributed by atoms with van der Waals surface area (Å²) in [6, 6.07) is 10.9. The van der Waals surface area contributed by atoms with Gasteiger partial charge in [-0.3, -0.25) is 0 Å². The minimum absolute atomic E-state index is 0.638. The molecule has 2 nitrogen and oxygen atoms in total. The van der Waals surface area contributed by atoms with Crippen molar-refractivity contribution in [2.24, 2.45) is 0 Å². The normalized spacial score (nSPS) is 16.0. The molecular weight excluding hydrogens is 196 g/mol. The van der Waals surface area contributed by atoms with Crippen LogP contribution in [-0.2, 0) is 0 Å². The lowest BCUT2D eigenvalue weighted by atomic mass is 10.1. The van der Waals surface area contributed by atoms with Crippen LogP contribution in [-0.4, -0.2) is 12.6 Å².